The Labute approximate surface area is 126 Å². The van der Waals surface area contributed by atoms with Crippen molar-refractivity contribution in [2.45, 2.75) is 31.7 Å². The topological polar surface area (TPSA) is 87.3 Å². The first-order valence-corrected chi connectivity index (χ1v) is 8.32. The van der Waals surface area contributed by atoms with Gasteiger partial charge in [-0.1, -0.05) is 13.8 Å². The Bertz CT molecular complexity index is 568. The van der Waals surface area contributed by atoms with Crippen LogP contribution in [0.3, 0.4) is 0 Å². The summed E-state index contributed by atoms with van der Waals surface area (Å²) in [5.41, 5.74) is 0.692. The van der Waals surface area contributed by atoms with E-state index in [1.807, 2.05) is 13.8 Å². The zero-order valence-corrected chi connectivity index (χ0v) is 13.6. The second-order valence-electron chi connectivity index (χ2n) is 5.24. The number of amides is 1. The van der Waals surface area contributed by atoms with Gasteiger partial charge in [-0.25, -0.2) is 13.1 Å². The van der Waals surface area contributed by atoms with E-state index in [1.54, 1.807) is 19.1 Å². The van der Waals surface area contributed by atoms with E-state index in [-0.39, 0.29) is 10.8 Å². The lowest BCUT2D eigenvalue weighted by atomic mass is 10.2. The molecule has 0 saturated heterocycles. The Morgan fingerprint density at radius 2 is 1.71 bits per heavy atom. The summed E-state index contributed by atoms with van der Waals surface area (Å²) in [6, 6.07) is 5.86. The number of sulfonamides is 1. The molecule has 1 unspecified atom stereocenters. The third kappa shape index (κ3) is 5.35. The third-order valence-electron chi connectivity index (χ3n) is 2.89. The fourth-order valence-corrected chi connectivity index (χ4v) is 2.35. The molecule has 1 rings (SSSR count). The molecular weight excluding hydrogens is 290 g/mol. The molecule has 3 N–H and O–H groups in total. The Morgan fingerprint density at radius 1 is 1.14 bits per heavy atom. The van der Waals surface area contributed by atoms with Crippen LogP contribution in [0.1, 0.15) is 20.8 Å². The van der Waals surface area contributed by atoms with Crippen LogP contribution in [-0.4, -0.2) is 34.0 Å². The molecule has 6 nitrogen and oxygen atoms in total. The fourth-order valence-electron chi connectivity index (χ4n) is 1.62. The monoisotopic (exact) mass is 313 g/mol. The van der Waals surface area contributed by atoms with E-state index in [0.29, 0.717) is 18.2 Å². The minimum atomic E-state index is -3.43. The Hall–Kier alpha value is -1.60. The highest BCUT2D eigenvalue weighted by Gasteiger charge is 2.14. The number of carbonyl (C=O) groups is 1. The molecule has 0 spiro atoms. The summed E-state index contributed by atoms with van der Waals surface area (Å²) in [6.07, 6.45) is 0. The van der Waals surface area contributed by atoms with Crippen molar-refractivity contribution in [3.8, 4) is 0 Å². The van der Waals surface area contributed by atoms with Crippen molar-refractivity contribution < 1.29 is 13.2 Å². The van der Waals surface area contributed by atoms with E-state index in [9.17, 15) is 13.2 Å². The largest absolute Gasteiger partial charge is 0.374 e. The summed E-state index contributed by atoms with van der Waals surface area (Å²) in [5.74, 6) is 0.308. The van der Waals surface area contributed by atoms with E-state index >= 15 is 0 Å². The highest BCUT2D eigenvalue weighted by Crippen LogP contribution is 2.14. The summed E-state index contributed by atoms with van der Waals surface area (Å²) >= 11 is 0. The molecule has 1 aromatic rings. The highest BCUT2D eigenvalue weighted by molar-refractivity contribution is 7.89. The maximum absolute atomic E-state index is 11.8. The minimum Gasteiger partial charge on any atom is -0.374 e. The SMILES string of the molecule is CNS(=O)(=O)c1ccc(NC(C)C(=O)NCC(C)C)cc1. The number of rotatable bonds is 7. The van der Waals surface area contributed by atoms with Crippen LogP contribution in [0.5, 0.6) is 0 Å². The van der Waals surface area contributed by atoms with E-state index in [1.165, 1.54) is 19.2 Å². The predicted octanol–water partition coefficient (Wildman–Crippen LogP) is 1.17. The lowest BCUT2D eigenvalue weighted by Crippen LogP contribution is -2.39. The molecule has 0 bridgehead atoms. The van der Waals surface area contributed by atoms with Crippen LogP contribution in [0.2, 0.25) is 0 Å². The van der Waals surface area contributed by atoms with Gasteiger partial charge in [0.05, 0.1) is 4.90 Å². The molecule has 7 heteroatoms. The van der Waals surface area contributed by atoms with Gasteiger partial charge in [-0.15, -0.1) is 0 Å². The van der Waals surface area contributed by atoms with E-state index < -0.39 is 16.1 Å². The number of hydrogen-bond donors (Lipinski definition) is 3. The van der Waals surface area contributed by atoms with Crippen molar-refractivity contribution >= 4 is 21.6 Å². The summed E-state index contributed by atoms with van der Waals surface area (Å²) in [4.78, 5) is 12.0. The van der Waals surface area contributed by atoms with Gasteiger partial charge in [0.25, 0.3) is 0 Å². The van der Waals surface area contributed by atoms with E-state index in [2.05, 4.69) is 15.4 Å². The third-order valence-corrected chi connectivity index (χ3v) is 4.32. The smallest absolute Gasteiger partial charge is 0.242 e. The first-order chi connectivity index (χ1) is 9.76. The van der Waals surface area contributed by atoms with Crippen molar-refractivity contribution in [3.05, 3.63) is 24.3 Å². The zero-order valence-electron chi connectivity index (χ0n) is 12.8. The molecule has 1 aromatic carbocycles. The van der Waals surface area contributed by atoms with Crippen LogP contribution in [0, 0.1) is 5.92 Å². The van der Waals surface area contributed by atoms with Crippen molar-refractivity contribution in [2.75, 3.05) is 18.9 Å². The number of carbonyl (C=O) groups excluding carboxylic acids is 1. The number of anilines is 1. The first kappa shape index (κ1) is 17.5. The molecule has 0 heterocycles. The minimum absolute atomic E-state index is 0.0874. The van der Waals surface area contributed by atoms with Gasteiger partial charge >= 0.3 is 0 Å². The van der Waals surface area contributed by atoms with E-state index in [4.69, 9.17) is 0 Å². The highest BCUT2D eigenvalue weighted by atomic mass is 32.2. The predicted molar refractivity (Wildman–Crippen MR) is 83.6 cm³/mol. The molecule has 0 aliphatic rings. The second-order valence-corrected chi connectivity index (χ2v) is 7.12. The summed E-state index contributed by atoms with van der Waals surface area (Å²) in [6.45, 7) is 6.44. The second kappa shape index (κ2) is 7.42. The van der Waals surface area contributed by atoms with Crippen molar-refractivity contribution in [2.24, 2.45) is 5.92 Å². The molecule has 0 radical (unpaired) electrons. The van der Waals surface area contributed by atoms with Crippen molar-refractivity contribution in [3.63, 3.8) is 0 Å². The van der Waals surface area contributed by atoms with Gasteiger partial charge in [0.15, 0.2) is 0 Å². The van der Waals surface area contributed by atoms with E-state index in [0.717, 1.165) is 0 Å². The quantitative estimate of drug-likeness (QED) is 0.705. The van der Waals surface area contributed by atoms with Crippen LogP contribution in [0.15, 0.2) is 29.2 Å². The Morgan fingerprint density at radius 3 is 2.19 bits per heavy atom. The van der Waals surface area contributed by atoms with Gasteiger partial charge in [-0.05, 0) is 44.2 Å². The van der Waals surface area contributed by atoms with Gasteiger partial charge in [0.1, 0.15) is 6.04 Å². The summed E-state index contributed by atoms with van der Waals surface area (Å²) in [7, 11) is -2.07. The molecule has 0 fully saturated rings. The number of nitrogens with one attached hydrogen (secondary N) is 3. The average Bonchev–Trinajstić information content (AvgIpc) is 2.45. The van der Waals surface area contributed by atoms with Gasteiger partial charge in [-0.3, -0.25) is 4.79 Å². The molecular formula is C14H23N3O3S. The fraction of sp³-hybridized carbons (Fsp3) is 0.500. The van der Waals surface area contributed by atoms with Crippen molar-refractivity contribution in [1.29, 1.82) is 0 Å². The molecule has 1 atom stereocenters. The summed E-state index contributed by atoms with van der Waals surface area (Å²) in [5, 5.41) is 5.87. The molecule has 118 valence electrons. The molecule has 0 aromatic heterocycles. The van der Waals surface area contributed by atoms with Crippen LogP contribution in [0.25, 0.3) is 0 Å². The maximum Gasteiger partial charge on any atom is 0.242 e. The molecule has 1 amide bonds. The first-order valence-electron chi connectivity index (χ1n) is 6.84. The van der Waals surface area contributed by atoms with Crippen LogP contribution in [0.4, 0.5) is 5.69 Å². The van der Waals surface area contributed by atoms with Gasteiger partial charge in [-0.2, -0.15) is 0 Å². The molecule has 21 heavy (non-hydrogen) atoms. The van der Waals surface area contributed by atoms with Crippen LogP contribution in [-0.2, 0) is 14.8 Å². The Kier molecular flexibility index (Phi) is 6.17. The average molecular weight is 313 g/mol. The maximum atomic E-state index is 11.8. The number of hydrogen-bond acceptors (Lipinski definition) is 4. The summed E-state index contributed by atoms with van der Waals surface area (Å²) < 4.78 is 25.4. The van der Waals surface area contributed by atoms with Crippen molar-refractivity contribution in [1.82, 2.24) is 10.0 Å². The lowest BCUT2D eigenvalue weighted by Gasteiger charge is -2.16. The van der Waals surface area contributed by atoms with Crippen LogP contribution < -0.4 is 15.4 Å². The molecule has 0 aliphatic heterocycles. The number of benzene rings is 1. The van der Waals surface area contributed by atoms with Gasteiger partial charge in [0, 0.05) is 12.2 Å². The van der Waals surface area contributed by atoms with Gasteiger partial charge < -0.3 is 10.6 Å². The zero-order chi connectivity index (χ0) is 16.0. The van der Waals surface area contributed by atoms with Gasteiger partial charge in [0.2, 0.25) is 15.9 Å². The normalized spacial score (nSPS) is 13.0. The lowest BCUT2D eigenvalue weighted by molar-refractivity contribution is -0.121. The molecule has 0 saturated carbocycles. The standard InChI is InChI=1S/C14H23N3O3S/c1-10(2)9-16-14(18)11(3)17-12-5-7-13(8-6-12)21(19,20)15-4/h5-8,10-11,15,17H,9H2,1-4H3,(H,16,18). The molecule has 0 aliphatic carbocycles. The van der Waals surface area contributed by atoms with Crippen LogP contribution >= 0.6 is 0 Å². The Balaban J connectivity index is 2.65.